The van der Waals surface area contributed by atoms with Crippen LogP contribution in [0, 0.1) is 0 Å². The van der Waals surface area contributed by atoms with E-state index in [-0.39, 0.29) is 6.17 Å². The number of hydrogen-bond acceptors (Lipinski definition) is 2. The maximum atomic E-state index is 10.3. The van der Waals surface area contributed by atoms with Crippen molar-refractivity contribution in [3.05, 3.63) is 0 Å². The highest BCUT2D eigenvalue weighted by Gasteiger charge is 2.24. The van der Waals surface area contributed by atoms with Crippen LogP contribution >= 0.6 is 0 Å². The van der Waals surface area contributed by atoms with Gasteiger partial charge < -0.3 is 10.6 Å². The molecule has 0 bridgehead atoms. The Kier molecular flexibility index (Phi) is 0.932. The van der Waals surface area contributed by atoms with Crippen molar-refractivity contribution in [3.63, 3.8) is 0 Å². The molecule has 0 spiro atoms. The first-order valence-corrected chi connectivity index (χ1v) is 2.31. The van der Waals surface area contributed by atoms with Crippen molar-refractivity contribution in [2.24, 2.45) is 0 Å². The van der Waals surface area contributed by atoms with Crippen molar-refractivity contribution in [2.45, 2.75) is 13.1 Å². The van der Waals surface area contributed by atoms with Crippen molar-refractivity contribution < 1.29 is 9.59 Å². The summed E-state index contributed by atoms with van der Waals surface area (Å²) in [7, 11) is 0. The van der Waals surface area contributed by atoms with Crippen LogP contribution in [0.4, 0.5) is 0 Å². The molecule has 0 saturated carbocycles. The van der Waals surface area contributed by atoms with Crippen LogP contribution in [0.5, 0.6) is 0 Å². The molecule has 0 unspecified atom stereocenters. The first kappa shape index (κ1) is 5.08. The lowest BCUT2D eigenvalue weighted by Crippen LogP contribution is -2.28. The maximum Gasteiger partial charge on any atom is 0.310 e. The van der Waals surface area contributed by atoms with Gasteiger partial charge in [-0.1, -0.05) is 0 Å². The zero-order valence-electron chi connectivity index (χ0n) is 4.39. The summed E-state index contributed by atoms with van der Waals surface area (Å²) in [4.78, 5) is 20.5. The number of hydrogen-bond donors (Lipinski definition) is 2. The Bertz CT molecular complexity index is 127. The van der Waals surface area contributed by atoms with Gasteiger partial charge in [-0.3, -0.25) is 9.59 Å². The predicted octanol–water partition coefficient (Wildman–Crippen LogP) is -1.42. The van der Waals surface area contributed by atoms with E-state index >= 15 is 0 Å². The molecule has 0 aromatic heterocycles. The number of nitrogens with one attached hydrogen (secondary N) is 2. The summed E-state index contributed by atoms with van der Waals surface area (Å²) in [5.74, 6) is -1.09. The van der Waals surface area contributed by atoms with Gasteiger partial charge in [0.05, 0.1) is 6.17 Å². The summed E-state index contributed by atoms with van der Waals surface area (Å²) < 4.78 is 0. The second-order valence-corrected chi connectivity index (χ2v) is 1.67. The highest BCUT2D eigenvalue weighted by atomic mass is 16.2. The van der Waals surface area contributed by atoms with E-state index in [1.165, 1.54) is 0 Å². The third-order valence-electron chi connectivity index (χ3n) is 0.901. The molecule has 0 atom stereocenters. The van der Waals surface area contributed by atoms with E-state index in [9.17, 15) is 9.59 Å². The lowest BCUT2D eigenvalue weighted by Gasteiger charge is -1.96. The molecule has 0 aromatic rings. The van der Waals surface area contributed by atoms with Gasteiger partial charge in [-0.2, -0.15) is 0 Å². The lowest BCUT2D eigenvalue weighted by molar-refractivity contribution is -0.135. The first-order valence-electron chi connectivity index (χ1n) is 2.31. The standard InChI is InChI=1S/C4H6N2O2/c1-2-5-3(7)4(8)6-2/h2H,1H3,(H,5,7)(H,6,8). The van der Waals surface area contributed by atoms with E-state index in [2.05, 4.69) is 10.6 Å². The molecular formula is C4H6N2O2. The van der Waals surface area contributed by atoms with E-state index in [0.29, 0.717) is 0 Å². The highest BCUT2D eigenvalue weighted by molar-refractivity contribution is 6.36. The van der Waals surface area contributed by atoms with Crippen molar-refractivity contribution >= 4 is 11.8 Å². The predicted molar refractivity (Wildman–Crippen MR) is 25.7 cm³/mol. The summed E-state index contributed by atoms with van der Waals surface area (Å²) in [6, 6.07) is 0. The summed E-state index contributed by atoms with van der Waals surface area (Å²) in [5.41, 5.74) is 0. The summed E-state index contributed by atoms with van der Waals surface area (Å²) in [6.07, 6.45) is -0.199. The summed E-state index contributed by atoms with van der Waals surface area (Å²) in [6.45, 7) is 1.70. The molecule has 0 aromatic carbocycles. The number of rotatable bonds is 0. The van der Waals surface area contributed by atoms with Gasteiger partial charge in [-0.05, 0) is 6.92 Å². The van der Waals surface area contributed by atoms with E-state index < -0.39 is 11.8 Å². The van der Waals surface area contributed by atoms with Crippen LogP contribution in [-0.4, -0.2) is 18.0 Å². The molecule has 0 aliphatic carbocycles. The van der Waals surface area contributed by atoms with E-state index in [0.717, 1.165) is 0 Å². The topological polar surface area (TPSA) is 58.2 Å². The number of carbonyl (C=O) groups excluding carboxylic acids is 2. The minimum absolute atomic E-state index is 0.199. The second kappa shape index (κ2) is 1.47. The fourth-order valence-corrected chi connectivity index (χ4v) is 0.560. The van der Waals surface area contributed by atoms with Gasteiger partial charge in [-0.25, -0.2) is 0 Å². The smallest absolute Gasteiger partial charge is 0.310 e. The molecule has 8 heavy (non-hydrogen) atoms. The van der Waals surface area contributed by atoms with Crippen molar-refractivity contribution in [3.8, 4) is 0 Å². The third-order valence-corrected chi connectivity index (χ3v) is 0.901. The molecule has 1 aliphatic heterocycles. The largest absolute Gasteiger partial charge is 0.328 e. The molecule has 4 nitrogen and oxygen atoms in total. The van der Waals surface area contributed by atoms with Crippen LogP contribution in [0.15, 0.2) is 0 Å². The van der Waals surface area contributed by atoms with E-state index in [1.807, 2.05) is 0 Å². The maximum absolute atomic E-state index is 10.3. The van der Waals surface area contributed by atoms with Crippen molar-refractivity contribution in [2.75, 3.05) is 0 Å². The molecular weight excluding hydrogens is 108 g/mol. The summed E-state index contributed by atoms with van der Waals surface area (Å²) >= 11 is 0. The monoisotopic (exact) mass is 114 g/mol. The Labute approximate surface area is 46.3 Å². The van der Waals surface area contributed by atoms with E-state index in [1.54, 1.807) is 6.92 Å². The van der Waals surface area contributed by atoms with E-state index in [4.69, 9.17) is 0 Å². The molecule has 1 heterocycles. The molecule has 1 rings (SSSR count). The van der Waals surface area contributed by atoms with Gasteiger partial charge in [0.15, 0.2) is 0 Å². The highest BCUT2D eigenvalue weighted by Crippen LogP contribution is 1.84. The normalized spacial score (nSPS) is 20.6. The average molecular weight is 114 g/mol. The molecule has 4 heteroatoms. The van der Waals surface area contributed by atoms with Gasteiger partial charge in [0.25, 0.3) is 0 Å². The molecule has 1 fully saturated rings. The van der Waals surface area contributed by atoms with Gasteiger partial charge in [0.2, 0.25) is 0 Å². The first-order chi connectivity index (χ1) is 3.70. The number of carbonyl (C=O) groups is 2. The van der Waals surface area contributed by atoms with Crippen LogP contribution < -0.4 is 10.6 Å². The van der Waals surface area contributed by atoms with Crippen molar-refractivity contribution in [1.82, 2.24) is 10.6 Å². The molecule has 2 N–H and O–H groups in total. The van der Waals surface area contributed by atoms with Crippen LogP contribution in [0.2, 0.25) is 0 Å². The quantitative estimate of drug-likeness (QED) is 0.380. The average Bonchev–Trinajstić information content (AvgIpc) is 1.85. The fraction of sp³-hybridized carbons (Fsp3) is 0.500. The van der Waals surface area contributed by atoms with Gasteiger partial charge >= 0.3 is 11.8 Å². The Morgan fingerprint density at radius 2 is 1.62 bits per heavy atom. The Hall–Kier alpha value is -1.06. The number of amides is 2. The Morgan fingerprint density at radius 1 is 1.25 bits per heavy atom. The molecule has 1 saturated heterocycles. The zero-order valence-corrected chi connectivity index (χ0v) is 4.39. The Balaban J connectivity index is 2.64. The lowest BCUT2D eigenvalue weighted by atomic mass is 10.6. The zero-order chi connectivity index (χ0) is 6.15. The van der Waals surface area contributed by atoms with Crippen molar-refractivity contribution in [1.29, 1.82) is 0 Å². The van der Waals surface area contributed by atoms with Gasteiger partial charge in [-0.15, -0.1) is 0 Å². The molecule has 2 amide bonds. The SMILES string of the molecule is CC1NC(=O)C(=O)N1. The van der Waals surface area contributed by atoms with Crippen LogP contribution in [0.25, 0.3) is 0 Å². The minimum Gasteiger partial charge on any atom is -0.328 e. The second-order valence-electron chi connectivity index (χ2n) is 1.67. The molecule has 1 aliphatic rings. The fourth-order valence-electron chi connectivity index (χ4n) is 0.560. The van der Waals surface area contributed by atoms with Gasteiger partial charge in [0, 0.05) is 0 Å². The minimum atomic E-state index is -0.544. The van der Waals surface area contributed by atoms with Gasteiger partial charge in [0.1, 0.15) is 0 Å². The molecule has 0 radical (unpaired) electrons. The van der Waals surface area contributed by atoms with Crippen LogP contribution in [0.3, 0.4) is 0 Å². The van der Waals surface area contributed by atoms with Crippen LogP contribution in [0.1, 0.15) is 6.92 Å². The Morgan fingerprint density at radius 3 is 1.75 bits per heavy atom. The third kappa shape index (κ3) is 0.641. The summed E-state index contributed by atoms with van der Waals surface area (Å²) in [5, 5.41) is 4.73. The van der Waals surface area contributed by atoms with Crippen LogP contribution in [-0.2, 0) is 9.59 Å². The molecule has 44 valence electrons.